The van der Waals surface area contributed by atoms with Gasteiger partial charge in [-0.25, -0.2) is 4.79 Å². The summed E-state index contributed by atoms with van der Waals surface area (Å²) in [5.74, 6) is -0.401. The van der Waals surface area contributed by atoms with Gasteiger partial charge in [-0.05, 0) is 42.3 Å². The van der Waals surface area contributed by atoms with E-state index in [-0.39, 0.29) is 12.8 Å². The second kappa shape index (κ2) is 8.95. The van der Waals surface area contributed by atoms with Gasteiger partial charge in [-0.15, -0.1) is 0 Å². The van der Waals surface area contributed by atoms with E-state index in [9.17, 15) is 9.36 Å². The molecule has 0 amide bonds. The van der Waals surface area contributed by atoms with Crippen LogP contribution in [-0.2, 0) is 24.5 Å². The van der Waals surface area contributed by atoms with Crippen LogP contribution in [0.4, 0.5) is 0 Å². The first-order valence-electron chi connectivity index (χ1n) is 8.20. The van der Waals surface area contributed by atoms with Gasteiger partial charge in [0.05, 0.1) is 24.9 Å². The summed E-state index contributed by atoms with van der Waals surface area (Å²) in [5.41, 5.74) is 1.29. The summed E-state index contributed by atoms with van der Waals surface area (Å²) in [4.78, 5) is 12.0. The van der Waals surface area contributed by atoms with Crippen LogP contribution < -0.4 is 0 Å². The molecule has 0 saturated carbocycles. The van der Waals surface area contributed by atoms with Crippen molar-refractivity contribution in [3.05, 3.63) is 60.2 Å². The highest BCUT2D eigenvalue weighted by atomic mass is 31.2. The zero-order chi connectivity index (χ0) is 18.3. The summed E-state index contributed by atoms with van der Waals surface area (Å²) < 4.78 is 28.4. The molecule has 0 aliphatic heterocycles. The van der Waals surface area contributed by atoms with Gasteiger partial charge in [0, 0.05) is 0 Å². The molecular formula is C19H23O5P. The number of carbonyl (C=O) groups is 1. The fourth-order valence-corrected chi connectivity index (χ4v) is 4.17. The molecule has 2 aromatic rings. The standard InChI is InChI=1S/C19H23O5P/c1-4-11-22-19(20)17-10-9-16-8-7-15(12-18(16)13-17)14-25(21,23-5-2)24-6-3/h4,7-10,12-13H,1,5-6,11,14H2,2-3H3. The number of hydrogen-bond donors (Lipinski definition) is 0. The van der Waals surface area contributed by atoms with Gasteiger partial charge in [0.15, 0.2) is 0 Å². The highest BCUT2D eigenvalue weighted by Gasteiger charge is 2.24. The van der Waals surface area contributed by atoms with Gasteiger partial charge in [-0.1, -0.05) is 36.9 Å². The zero-order valence-corrected chi connectivity index (χ0v) is 15.5. The maximum Gasteiger partial charge on any atom is 0.338 e. The molecule has 0 spiro atoms. The molecule has 0 atom stereocenters. The molecule has 25 heavy (non-hydrogen) atoms. The van der Waals surface area contributed by atoms with Gasteiger partial charge in [0.1, 0.15) is 6.61 Å². The molecule has 0 radical (unpaired) electrons. The van der Waals surface area contributed by atoms with Crippen LogP contribution >= 0.6 is 7.60 Å². The quantitative estimate of drug-likeness (QED) is 0.359. The average Bonchev–Trinajstić information content (AvgIpc) is 2.59. The highest BCUT2D eigenvalue weighted by molar-refractivity contribution is 7.53. The number of fused-ring (bicyclic) bond motifs is 1. The smallest absolute Gasteiger partial charge is 0.338 e. The van der Waals surface area contributed by atoms with Crippen molar-refractivity contribution in [2.24, 2.45) is 0 Å². The first-order chi connectivity index (χ1) is 12.0. The molecule has 0 fully saturated rings. The molecule has 0 aliphatic carbocycles. The third-order valence-corrected chi connectivity index (χ3v) is 5.56. The highest BCUT2D eigenvalue weighted by Crippen LogP contribution is 2.51. The summed E-state index contributed by atoms with van der Waals surface area (Å²) in [5, 5.41) is 1.84. The lowest BCUT2D eigenvalue weighted by atomic mass is 10.0. The maximum absolute atomic E-state index is 12.7. The Balaban J connectivity index is 2.29. The van der Waals surface area contributed by atoms with Crippen LogP contribution in [0.15, 0.2) is 49.1 Å². The van der Waals surface area contributed by atoms with E-state index in [1.54, 1.807) is 26.0 Å². The third-order valence-electron chi connectivity index (χ3n) is 3.50. The first kappa shape index (κ1) is 19.4. The van der Waals surface area contributed by atoms with E-state index in [0.717, 1.165) is 16.3 Å². The van der Waals surface area contributed by atoms with E-state index in [1.165, 1.54) is 6.08 Å². The third kappa shape index (κ3) is 5.27. The van der Waals surface area contributed by atoms with E-state index < -0.39 is 13.6 Å². The molecule has 2 rings (SSSR count). The lowest BCUT2D eigenvalue weighted by Gasteiger charge is -2.17. The summed E-state index contributed by atoms with van der Waals surface area (Å²) in [6.07, 6.45) is 1.71. The van der Waals surface area contributed by atoms with Gasteiger partial charge < -0.3 is 13.8 Å². The normalized spacial score (nSPS) is 11.4. The van der Waals surface area contributed by atoms with Crippen LogP contribution in [-0.4, -0.2) is 25.8 Å². The van der Waals surface area contributed by atoms with Crippen LogP contribution in [0.25, 0.3) is 10.8 Å². The predicted molar refractivity (Wildman–Crippen MR) is 99.0 cm³/mol. The second-order valence-corrected chi connectivity index (χ2v) is 7.44. The molecule has 0 saturated heterocycles. The van der Waals surface area contributed by atoms with Crippen molar-refractivity contribution >= 4 is 24.3 Å². The lowest BCUT2D eigenvalue weighted by Crippen LogP contribution is -2.04. The molecule has 0 aromatic heterocycles. The Kier molecular flexibility index (Phi) is 6.94. The molecule has 0 bridgehead atoms. The fraction of sp³-hybridized carbons (Fsp3) is 0.316. The van der Waals surface area contributed by atoms with Crippen LogP contribution in [0.5, 0.6) is 0 Å². The van der Waals surface area contributed by atoms with Crippen molar-refractivity contribution in [3.8, 4) is 0 Å². The number of carbonyl (C=O) groups excluding carboxylic acids is 1. The van der Waals surface area contributed by atoms with Crippen LogP contribution in [0.3, 0.4) is 0 Å². The van der Waals surface area contributed by atoms with Crippen LogP contribution in [0.1, 0.15) is 29.8 Å². The topological polar surface area (TPSA) is 61.8 Å². The summed E-state index contributed by atoms with van der Waals surface area (Å²) >= 11 is 0. The van der Waals surface area contributed by atoms with Crippen molar-refractivity contribution in [1.29, 1.82) is 0 Å². The minimum absolute atomic E-state index is 0.169. The minimum Gasteiger partial charge on any atom is -0.458 e. The molecule has 0 unspecified atom stereocenters. The minimum atomic E-state index is -3.17. The molecule has 5 nitrogen and oxygen atoms in total. The average molecular weight is 362 g/mol. The van der Waals surface area contributed by atoms with Crippen LogP contribution in [0.2, 0.25) is 0 Å². The number of benzene rings is 2. The van der Waals surface area contributed by atoms with E-state index in [4.69, 9.17) is 13.8 Å². The monoisotopic (exact) mass is 362 g/mol. The first-order valence-corrected chi connectivity index (χ1v) is 9.93. The number of hydrogen-bond acceptors (Lipinski definition) is 5. The zero-order valence-electron chi connectivity index (χ0n) is 14.6. The Labute approximate surface area is 148 Å². The number of esters is 1. The lowest BCUT2D eigenvalue weighted by molar-refractivity contribution is 0.0550. The van der Waals surface area contributed by atoms with Gasteiger partial charge in [-0.2, -0.15) is 0 Å². The Morgan fingerprint density at radius 3 is 2.40 bits per heavy atom. The largest absolute Gasteiger partial charge is 0.458 e. The Bertz CT molecular complexity index is 790. The van der Waals surface area contributed by atoms with Gasteiger partial charge in [0.2, 0.25) is 0 Å². The van der Waals surface area contributed by atoms with E-state index in [1.807, 2.05) is 24.3 Å². The Morgan fingerprint density at radius 2 is 1.76 bits per heavy atom. The van der Waals surface area contributed by atoms with Gasteiger partial charge >= 0.3 is 13.6 Å². The van der Waals surface area contributed by atoms with Gasteiger partial charge in [-0.3, -0.25) is 4.57 Å². The van der Waals surface area contributed by atoms with Crippen molar-refractivity contribution in [2.75, 3.05) is 19.8 Å². The molecular weight excluding hydrogens is 339 g/mol. The molecule has 0 aliphatic rings. The van der Waals surface area contributed by atoms with Crippen molar-refractivity contribution < 1.29 is 23.1 Å². The number of ether oxygens (including phenoxy) is 1. The van der Waals surface area contributed by atoms with Crippen LogP contribution in [0, 0.1) is 0 Å². The maximum atomic E-state index is 12.7. The van der Waals surface area contributed by atoms with E-state index in [0.29, 0.717) is 18.8 Å². The second-order valence-electron chi connectivity index (χ2n) is 5.39. The molecule has 2 aromatic carbocycles. The van der Waals surface area contributed by atoms with Crippen molar-refractivity contribution in [1.82, 2.24) is 0 Å². The molecule has 134 valence electrons. The number of rotatable bonds is 9. The van der Waals surface area contributed by atoms with E-state index >= 15 is 0 Å². The van der Waals surface area contributed by atoms with Crippen molar-refractivity contribution in [3.63, 3.8) is 0 Å². The molecule has 6 heteroatoms. The molecule has 0 N–H and O–H groups in total. The Morgan fingerprint density at radius 1 is 1.08 bits per heavy atom. The summed E-state index contributed by atoms with van der Waals surface area (Å²) in [6, 6.07) is 11.0. The summed E-state index contributed by atoms with van der Waals surface area (Å²) in [6.45, 7) is 7.91. The fourth-order valence-electron chi connectivity index (χ4n) is 2.49. The summed E-state index contributed by atoms with van der Waals surface area (Å²) in [7, 11) is -3.17. The predicted octanol–water partition coefficient (Wildman–Crippen LogP) is 4.95. The molecule has 0 heterocycles. The SMILES string of the molecule is C=CCOC(=O)c1ccc2ccc(CP(=O)(OCC)OCC)cc2c1. The van der Waals surface area contributed by atoms with Gasteiger partial charge in [0.25, 0.3) is 0 Å². The van der Waals surface area contributed by atoms with E-state index in [2.05, 4.69) is 6.58 Å². The Hall–Kier alpha value is -1.94. The van der Waals surface area contributed by atoms with Crippen molar-refractivity contribution in [2.45, 2.75) is 20.0 Å².